The molecule has 2 aliphatic heterocycles. The SMILES string of the molecule is O=C([C@H]1C[C@]2(COC(O)N2)C1)N1CCC(c2cccc(F)c2)CC1. The van der Waals surface area contributed by atoms with Gasteiger partial charge < -0.3 is 14.7 Å². The summed E-state index contributed by atoms with van der Waals surface area (Å²) < 4.78 is 18.5. The van der Waals surface area contributed by atoms with E-state index in [1.807, 2.05) is 11.0 Å². The van der Waals surface area contributed by atoms with Crippen molar-refractivity contribution in [3.05, 3.63) is 35.6 Å². The molecule has 4 rings (SSSR count). The van der Waals surface area contributed by atoms with Gasteiger partial charge in [-0.1, -0.05) is 12.1 Å². The number of nitrogens with one attached hydrogen (secondary N) is 1. The zero-order valence-corrected chi connectivity index (χ0v) is 13.6. The highest BCUT2D eigenvalue weighted by Gasteiger charge is 2.52. The summed E-state index contributed by atoms with van der Waals surface area (Å²) in [5.41, 5.74) is 0.825. The molecule has 3 aliphatic rings. The molecule has 0 radical (unpaired) electrons. The van der Waals surface area contributed by atoms with Crippen LogP contribution in [0, 0.1) is 11.7 Å². The van der Waals surface area contributed by atoms with E-state index in [2.05, 4.69) is 5.32 Å². The zero-order chi connectivity index (χ0) is 16.7. The van der Waals surface area contributed by atoms with Crippen LogP contribution in [-0.2, 0) is 9.53 Å². The average molecular weight is 334 g/mol. The van der Waals surface area contributed by atoms with Gasteiger partial charge in [0.05, 0.1) is 6.61 Å². The highest BCUT2D eigenvalue weighted by Crippen LogP contribution is 2.42. The van der Waals surface area contributed by atoms with Gasteiger partial charge in [0.2, 0.25) is 12.3 Å². The van der Waals surface area contributed by atoms with Gasteiger partial charge in [0.15, 0.2) is 0 Å². The number of aliphatic hydroxyl groups excluding tert-OH is 1. The number of halogens is 1. The zero-order valence-electron chi connectivity index (χ0n) is 13.6. The molecule has 5 nitrogen and oxygen atoms in total. The Balaban J connectivity index is 1.29. The number of rotatable bonds is 2. The number of amides is 1. The van der Waals surface area contributed by atoms with E-state index in [-0.39, 0.29) is 23.2 Å². The molecule has 1 amide bonds. The predicted molar refractivity (Wildman–Crippen MR) is 85.5 cm³/mol. The van der Waals surface area contributed by atoms with Gasteiger partial charge in [-0.15, -0.1) is 0 Å². The molecule has 1 unspecified atom stereocenters. The topological polar surface area (TPSA) is 61.8 Å². The van der Waals surface area contributed by atoms with Gasteiger partial charge >= 0.3 is 0 Å². The van der Waals surface area contributed by atoms with Crippen molar-refractivity contribution >= 4 is 5.91 Å². The Kier molecular flexibility index (Phi) is 4.06. The van der Waals surface area contributed by atoms with Crippen molar-refractivity contribution in [3.8, 4) is 0 Å². The number of hydrogen-bond donors (Lipinski definition) is 2. The summed E-state index contributed by atoms with van der Waals surface area (Å²) in [7, 11) is 0. The summed E-state index contributed by atoms with van der Waals surface area (Å²) in [4.78, 5) is 14.6. The van der Waals surface area contributed by atoms with E-state index in [1.165, 1.54) is 6.07 Å². The van der Waals surface area contributed by atoms with Crippen LogP contribution in [0.4, 0.5) is 4.39 Å². The largest absolute Gasteiger partial charge is 0.356 e. The van der Waals surface area contributed by atoms with E-state index < -0.39 is 6.41 Å². The van der Waals surface area contributed by atoms with Gasteiger partial charge in [-0.25, -0.2) is 4.39 Å². The summed E-state index contributed by atoms with van der Waals surface area (Å²) in [6, 6.07) is 6.79. The Morgan fingerprint density at radius 1 is 1.33 bits per heavy atom. The normalized spacial score (nSPS) is 33.7. The van der Waals surface area contributed by atoms with Gasteiger partial charge in [-0.05, 0) is 49.3 Å². The van der Waals surface area contributed by atoms with Crippen molar-refractivity contribution in [2.75, 3.05) is 19.7 Å². The lowest BCUT2D eigenvalue weighted by molar-refractivity contribution is -0.142. The molecule has 1 saturated carbocycles. The van der Waals surface area contributed by atoms with Crippen LogP contribution in [0.2, 0.25) is 0 Å². The molecule has 2 N–H and O–H groups in total. The van der Waals surface area contributed by atoms with Crippen molar-refractivity contribution in [2.24, 2.45) is 5.92 Å². The third-order valence-corrected chi connectivity index (χ3v) is 5.70. The number of carbonyl (C=O) groups is 1. The molecule has 24 heavy (non-hydrogen) atoms. The second kappa shape index (κ2) is 6.10. The third-order valence-electron chi connectivity index (χ3n) is 5.70. The van der Waals surface area contributed by atoms with Crippen LogP contribution in [0.3, 0.4) is 0 Å². The van der Waals surface area contributed by atoms with E-state index >= 15 is 0 Å². The highest BCUT2D eigenvalue weighted by atomic mass is 19.1. The first-order valence-corrected chi connectivity index (χ1v) is 8.66. The van der Waals surface area contributed by atoms with E-state index in [0.717, 1.165) is 44.3 Å². The summed E-state index contributed by atoms with van der Waals surface area (Å²) in [5.74, 6) is 0.371. The average Bonchev–Trinajstić information content (AvgIpc) is 2.95. The quantitative estimate of drug-likeness (QED) is 0.862. The number of ether oxygens (including phenoxy) is 1. The molecule has 1 aliphatic carbocycles. The second-order valence-electron chi connectivity index (χ2n) is 7.35. The number of benzene rings is 1. The molecule has 2 heterocycles. The van der Waals surface area contributed by atoms with Crippen LogP contribution in [0.25, 0.3) is 0 Å². The molecule has 0 aromatic heterocycles. The molecule has 1 aromatic rings. The Labute approximate surface area is 140 Å². The molecule has 6 heteroatoms. The first kappa shape index (κ1) is 16.0. The number of hydrogen-bond acceptors (Lipinski definition) is 4. The van der Waals surface area contributed by atoms with Crippen LogP contribution in [0.5, 0.6) is 0 Å². The monoisotopic (exact) mass is 334 g/mol. The fourth-order valence-corrected chi connectivity index (χ4v) is 4.33. The number of aliphatic hydroxyl groups is 1. The van der Waals surface area contributed by atoms with Gasteiger partial charge in [0.25, 0.3) is 0 Å². The Hall–Kier alpha value is -1.50. The first-order chi connectivity index (χ1) is 11.5. The van der Waals surface area contributed by atoms with Crippen molar-refractivity contribution in [2.45, 2.75) is 43.6 Å². The lowest BCUT2D eigenvalue weighted by atomic mass is 9.68. The summed E-state index contributed by atoms with van der Waals surface area (Å²) in [6.45, 7) is 1.94. The molecule has 1 atom stereocenters. The van der Waals surface area contributed by atoms with Crippen molar-refractivity contribution in [1.29, 1.82) is 0 Å². The van der Waals surface area contributed by atoms with Crippen LogP contribution in [-0.4, -0.2) is 47.6 Å². The molecule has 1 aromatic carbocycles. The Morgan fingerprint density at radius 3 is 2.71 bits per heavy atom. The molecular formula is C18H23FN2O3. The Bertz CT molecular complexity index is 624. The van der Waals surface area contributed by atoms with Crippen molar-refractivity contribution in [1.82, 2.24) is 10.2 Å². The van der Waals surface area contributed by atoms with Gasteiger partial charge in [-0.2, -0.15) is 0 Å². The lowest BCUT2D eigenvalue weighted by Crippen LogP contribution is -2.59. The van der Waals surface area contributed by atoms with Crippen LogP contribution in [0.15, 0.2) is 24.3 Å². The minimum absolute atomic E-state index is 0.0251. The fraction of sp³-hybridized carbons (Fsp3) is 0.611. The van der Waals surface area contributed by atoms with E-state index in [4.69, 9.17) is 4.74 Å². The molecule has 2 saturated heterocycles. The standard InChI is InChI=1S/C18H23FN2O3/c19-15-3-1-2-13(8-15)12-4-6-21(7-5-12)16(22)14-9-18(10-14)11-24-17(23)20-18/h1-3,8,12,14,17,20,23H,4-7,9-11H2/t14-,17?,18+. The molecule has 3 fully saturated rings. The minimum Gasteiger partial charge on any atom is -0.356 e. The van der Waals surface area contributed by atoms with Crippen molar-refractivity contribution in [3.63, 3.8) is 0 Å². The molecule has 0 bridgehead atoms. The van der Waals surface area contributed by atoms with E-state index in [9.17, 15) is 14.3 Å². The minimum atomic E-state index is -0.900. The summed E-state index contributed by atoms with van der Waals surface area (Å²) in [5, 5.41) is 12.4. The van der Waals surface area contributed by atoms with Crippen molar-refractivity contribution < 1.29 is 19.0 Å². The maximum atomic E-state index is 13.4. The van der Waals surface area contributed by atoms with E-state index in [1.54, 1.807) is 12.1 Å². The summed E-state index contributed by atoms with van der Waals surface area (Å²) >= 11 is 0. The van der Waals surface area contributed by atoms with Crippen LogP contribution >= 0.6 is 0 Å². The number of carbonyl (C=O) groups excluding carboxylic acids is 1. The fourth-order valence-electron chi connectivity index (χ4n) is 4.33. The summed E-state index contributed by atoms with van der Waals surface area (Å²) in [6.07, 6.45) is 2.32. The molecular weight excluding hydrogens is 311 g/mol. The second-order valence-corrected chi connectivity index (χ2v) is 7.35. The molecule has 130 valence electrons. The maximum Gasteiger partial charge on any atom is 0.225 e. The van der Waals surface area contributed by atoms with Crippen LogP contribution < -0.4 is 5.32 Å². The third kappa shape index (κ3) is 2.94. The number of nitrogens with zero attached hydrogens (tertiary/aromatic N) is 1. The van der Waals surface area contributed by atoms with Gasteiger partial charge in [-0.3, -0.25) is 10.1 Å². The van der Waals surface area contributed by atoms with Gasteiger partial charge in [0.1, 0.15) is 5.82 Å². The Morgan fingerprint density at radius 2 is 2.08 bits per heavy atom. The number of likely N-dealkylation sites (tertiary alicyclic amines) is 1. The lowest BCUT2D eigenvalue weighted by Gasteiger charge is -2.45. The van der Waals surface area contributed by atoms with E-state index in [0.29, 0.717) is 12.5 Å². The van der Waals surface area contributed by atoms with Gasteiger partial charge in [0, 0.05) is 24.5 Å². The molecule has 1 spiro atoms. The smallest absolute Gasteiger partial charge is 0.225 e. The predicted octanol–water partition coefficient (Wildman–Crippen LogP) is 1.58. The first-order valence-electron chi connectivity index (χ1n) is 8.66. The van der Waals surface area contributed by atoms with Crippen LogP contribution in [0.1, 0.15) is 37.2 Å². The number of piperidine rings is 1. The maximum absolute atomic E-state index is 13.4. The highest BCUT2D eigenvalue weighted by molar-refractivity contribution is 5.80.